The lowest BCUT2D eigenvalue weighted by molar-refractivity contribution is -0.132. The van der Waals surface area contributed by atoms with Crippen LogP contribution in [0.15, 0.2) is 12.1 Å². The summed E-state index contributed by atoms with van der Waals surface area (Å²) in [6.45, 7) is 8.18. The van der Waals surface area contributed by atoms with Crippen LogP contribution in [0.2, 0.25) is 0 Å². The molecule has 0 radical (unpaired) electrons. The van der Waals surface area contributed by atoms with Crippen molar-refractivity contribution in [1.82, 2.24) is 20.0 Å². The Morgan fingerprint density at radius 1 is 1.06 bits per heavy atom. The Kier molecular flexibility index (Phi) is 9.20. The molecule has 1 unspecified atom stereocenters. The third-order valence-electron chi connectivity index (χ3n) is 6.60. The van der Waals surface area contributed by atoms with Gasteiger partial charge in [0, 0.05) is 57.3 Å². The van der Waals surface area contributed by atoms with Gasteiger partial charge in [-0.15, -0.1) is 0 Å². The first-order chi connectivity index (χ1) is 16.0. The largest absolute Gasteiger partial charge is 0.493 e. The number of hydrogen-bond donors (Lipinski definition) is 1. The average molecular weight is 463 g/mol. The highest BCUT2D eigenvalue weighted by molar-refractivity contribution is 5.96. The van der Waals surface area contributed by atoms with Gasteiger partial charge in [-0.25, -0.2) is 0 Å². The van der Waals surface area contributed by atoms with Crippen molar-refractivity contribution in [2.24, 2.45) is 0 Å². The van der Waals surface area contributed by atoms with Crippen molar-refractivity contribution in [2.75, 3.05) is 73.7 Å². The van der Waals surface area contributed by atoms with Gasteiger partial charge < -0.3 is 29.3 Å². The van der Waals surface area contributed by atoms with E-state index in [1.54, 1.807) is 12.1 Å². The van der Waals surface area contributed by atoms with Gasteiger partial charge in [0.15, 0.2) is 11.5 Å². The van der Waals surface area contributed by atoms with Gasteiger partial charge in [0.05, 0.1) is 21.3 Å². The number of benzene rings is 1. The molecule has 2 fully saturated rings. The number of rotatable bonds is 10. The third-order valence-corrected chi connectivity index (χ3v) is 6.60. The van der Waals surface area contributed by atoms with Crippen LogP contribution >= 0.6 is 0 Å². The molecule has 2 aliphatic heterocycles. The first-order valence-corrected chi connectivity index (χ1v) is 11.8. The number of likely N-dealkylation sites (N-methyl/N-ethyl adjacent to an activating group) is 1. The molecule has 0 aliphatic carbocycles. The van der Waals surface area contributed by atoms with E-state index in [0.717, 1.165) is 39.0 Å². The number of hydrogen-bond acceptors (Lipinski definition) is 7. The summed E-state index contributed by atoms with van der Waals surface area (Å²) in [7, 11) is 4.61. The van der Waals surface area contributed by atoms with E-state index < -0.39 is 0 Å². The summed E-state index contributed by atoms with van der Waals surface area (Å²) in [5.74, 6) is 1.29. The normalized spacial score (nSPS) is 18.8. The van der Waals surface area contributed by atoms with Gasteiger partial charge in [-0.1, -0.05) is 6.92 Å². The first kappa shape index (κ1) is 25.1. The van der Waals surface area contributed by atoms with Crippen molar-refractivity contribution in [3.8, 4) is 17.2 Å². The molecule has 0 saturated carbocycles. The molecule has 33 heavy (non-hydrogen) atoms. The summed E-state index contributed by atoms with van der Waals surface area (Å²) >= 11 is 0. The molecule has 1 N–H and O–H groups in total. The topological polar surface area (TPSA) is 83.6 Å². The molecule has 1 aromatic carbocycles. The highest BCUT2D eigenvalue weighted by Crippen LogP contribution is 2.38. The molecule has 0 bridgehead atoms. The third kappa shape index (κ3) is 6.09. The van der Waals surface area contributed by atoms with Gasteiger partial charge in [-0.2, -0.15) is 0 Å². The van der Waals surface area contributed by atoms with Crippen LogP contribution in [-0.4, -0.2) is 106 Å². The van der Waals surface area contributed by atoms with E-state index in [9.17, 15) is 9.59 Å². The van der Waals surface area contributed by atoms with E-state index in [4.69, 9.17) is 14.2 Å². The molecular formula is C24H38N4O5. The number of nitrogens with one attached hydrogen (secondary N) is 1. The molecule has 0 aromatic heterocycles. The van der Waals surface area contributed by atoms with Crippen molar-refractivity contribution in [2.45, 2.75) is 32.2 Å². The van der Waals surface area contributed by atoms with Gasteiger partial charge in [0.2, 0.25) is 11.7 Å². The second kappa shape index (κ2) is 12.1. The monoisotopic (exact) mass is 462 g/mol. The molecule has 9 heteroatoms. The van der Waals surface area contributed by atoms with E-state index in [-0.39, 0.29) is 11.8 Å². The number of nitrogens with zero attached hydrogens (tertiary/aromatic N) is 3. The zero-order chi connectivity index (χ0) is 23.8. The number of amides is 2. The van der Waals surface area contributed by atoms with Gasteiger partial charge >= 0.3 is 0 Å². The van der Waals surface area contributed by atoms with Crippen LogP contribution in [0.5, 0.6) is 17.2 Å². The summed E-state index contributed by atoms with van der Waals surface area (Å²) in [6.07, 6.45) is 2.50. The lowest BCUT2D eigenvalue weighted by Crippen LogP contribution is -2.48. The minimum atomic E-state index is -0.134. The van der Waals surface area contributed by atoms with Crippen LogP contribution in [0.3, 0.4) is 0 Å². The van der Waals surface area contributed by atoms with Crippen LogP contribution in [0, 0.1) is 0 Å². The fraction of sp³-hybridized carbons (Fsp3) is 0.667. The number of carbonyl (C=O) groups excluding carboxylic acids is 2. The highest BCUT2D eigenvalue weighted by Gasteiger charge is 2.29. The Labute approximate surface area is 196 Å². The van der Waals surface area contributed by atoms with Crippen molar-refractivity contribution in [3.05, 3.63) is 17.7 Å². The average Bonchev–Trinajstić information content (AvgIpc) is 3.32. The van der Waals surface area contributed by atoms with Crippen molar-refractivity contribution < 1.29 is 23.8 Å². The van der Waals surface area contributed by atoms with E-state index in [1.807, 2.05) is 9.80 Å². The Balaban J connectivity index is 1.81. The van der Waals surface area contributed by atoms with E-state index in [0.29, 0.717) is 61.5 Å². The van der Waals surface area contributed by atoms with E-state index in [1.165, 1.54) is 21.3 Å². The van der Waals surface area contributed by atoms with Crippen LogP contribution in [0.25, 0.3) is 0 Å². The molecule has 9 nitrogen and oxygen atoms in total. The standard InChI is InChI=1S/C24H38N4O5/c1-5-26-11-6-7-19(26)17-28(12-8-22(29)27-13-9-25-10-14-27)24(30)18-15-20(31-2)23(33-4)21(16-18)32-3/h15-16,19,25H,5-14,17H2,1-4H3. The van der Waals surface area contributed by atoms with Crippen LogP contribution in [0.1, 0.15) is 36.5 Å². The molecule has 2 saturated heterocycles. The molecule has 3 rings (SSSR count). The van der Waals surface area contributed by atoms with Gasteiger partial charge in [-0.3, -0.25) is 14.5 Å². The Hall–Kier alpha value is -2.52. The lowest BCUT2D eigenvalue weighted by atomic mass is 10.1. The zero-order valence-corrected chi connectivity index (χ0v) is 20.4. The van der Waals surface area contributed by atoms with Crippen LogP contribution in [0.4, 0.5) is 0 Å². The van der Waals surface area contributed by atoms with Crippen molar-refractivity contribution in [3.63, 3.8) is 0 Å². The fourth-order valence-electron chi connectivity index (χ4n) is 4.74. The van der Waals surface area contributed by atoms with E-state index >= 15 is 0 Å². The van der Waals surface area contributed by atoms with Gasteiger partial charge in [-0.05, 0) is 38.1 Å². The summed E-state index contributed by atoms with van der Waals surface area (Å²) in [5.41, 5.74) is 0.458. The Bertz CT molecular complexity index is 787. The number of methoxy groups -OCH3 is 3. The number of piperazine rings is 1. The maximum Gasteiger partial charge on any atom is 0.254 e. The molecule has 1 atom stereocenters. The highest BCUT2D eigenvalue weighted by atomic mass is 16.5. The molecule has 2 aliphatic rings. The second-order valence-electron chi connectivity index (χ2n) is 8.47. The summed E-state index contributed by atoms with van der Waals surface area (Å²) < 4.78 is 16.3. The SMILES string of the molecule is CCN1CCCC1CN(CCC(=O)N1CCNCC1)C(=O)c1cc(OC)c(OC)c(OC)c1. The van der Waals surface area contributed by atoms with Gasteiger partial charge in [0.1, 0.15) is 0 Å². The zero-order valence-electron chi connectivity index (χ0n) is 20.4. The summed E-state index contributed by atoms with van der Waals surface area (Å²) in [5, 5.41) is 3.27. The quantitative estimate of drug-likeness (QED) is 0.564. The predicted octanol–water partition coefficient (Wildman–Crippen LogP) is 1.46. The fourth-order valence-corrected chi connectivity index (χ4v) is 4.74. The van der Waals surface area contributed by atoms with Gasteiger partial charge in [0.25, 0.3) is 5.91 Å². The van der Waals surface area contributed by atoms with Crippen LogP contribution < -0.4 is 19.5 Å². The molecular weight excluding hydrogens is 424 g/mol. The first-order valence-electron chi connectivity index (χ1n) is 11.8. The van der Waals surface area contributed by atoms with Crippen molar-refractivity contribution >= 4 is 11.8 Å². The molecule has 0 spiro atoms. The number of ether oxygens (including phenoxy) is 3. The van der Waals surface area contributed by atoms with E-state index in [2.05, 4.69) is 17.1 Å². The Morgan fingerprint density at radius 2 is 1.73 bits per heavy atom. The summed E-state index contributed by atoms with van der Waals surface area (Å²) in [4.78, 5) is 32.6. The molecule has 1 aromatic rings. The van der Waals surface area contributed by atoms with Crippen molar-refractivity contribution in [1.29, 1.82) is 0 Å². The minimum absolute atomic E-state index is 0.0953. The Morgan fingerprint density at radius 3 is 2.30 bits per heavy atom. The second-order valence-corrected chi connectivity index (χ2v) is 8.47. The summed E-state index contributed by atoms with van der Waals surface area (Å²) in [6, 6.07) is 3.66. The molecule has 184 valence electrons. The molecule has 2 amide bonds. The smallest absolute Gasteiger partial charge is 0.254 e. The maximum atomic E-state index is 13.7. The number of likely N-dealkylation sites (tertiary alicyclic amines) is 1. The maximum absolute atomic E-state index is 13.7. The predicted molar refractivity (Wildman–Crippen MR) is 126 cm³/mol. The number of carbonyl (C=O) groups is 2. The van der Waals surface area contributed by atoms with Crippen LogP contribution in [-0.2, 0) is 4.79 Å². The molecule has 2 heterocycles. The minimum Gasteiger partial charge on any atom is -0.493 e. The lowest BCUT2D eigenvalue weighted by Gasteiger charge is -2.32.